The summed E-state index contributed by atoms with van der Waals surface area (Å²) in [5, 5.41) is 9.48. The van der Waals surface area contributed by atoms with Crippen molar-refractivity contribution >= 4 is 22.4 Å². The Balaban J connectivity index is 2.09. The van der Waals surface area contributed by atoms with E-state index >= 15 is 0 Å². The van der Waals surface area contributed by atoms with E-state index in [4.69, 9.17) is 5.11 Å². The molecule has 0 saturated carbocycles. The smallest absolute Gasteiger partial charge is 0.347 e. The second-order valence-corrected chi connectivity index (χ2v) is 4.50. The van der Waals surface area contributed by atoms with Gasteiger partial charge in [0.15, 0.2) is 5.13 Å². The summed E-state index contributed by atoms with van der Waals surface area (Å²) >= 11 is 1.16. The number of thiazole rings is 1. The summed E-state index contributed by atoms with van der Waals surface area (Å²) in [6.45, 7) is 0.605. The lowest BCUT2D eigenvalue weighted by Crippen LogP contribution is -2.16. The fourth-order valence-corrected chi connectivity index (χ4v) is 2.06. The minimum absolute atomic E-state index is 0.243. The van der Waals surface area contributed by atoms with Crippen molar-refractivity contribution in [1.82, 2.24) is 9.97 Å². The zero-order valence-electron chi connectivity index (χ0n) is 9.20. The summed E-state index contributed by atoms with van der Waals surface area (Å²) in [6, 6.07) is 5.69. The van der Waals surface area contributed by atoms with Gasteiger partial charge in [-0.3, -0.25) is 4.98 Å². The van der Waals surface area contributed by atoms with Crippen LogP contribution in [0.25, 0.3) is 0 Å². The molecule has 5 nitrogen and oxygen atoms in total. The first kappa shape index (κ1) is 11.5. The number of hydrogen-bond acceptors (Lipinski definition) is 5. The first-order valence-corrected chi connectivity index (χ1v) is 5.78. The van der Waals surface area contributed by atoms with Crippen LogP contribution in [0.2, 0.25) is 0 Å². The minimum atomic E-state index is -0.944. The Bertz CT molecular complexity index is 512. The van der Waals surface area contributed by atoms with E-state index in [9.17, 15) is 4.79 Å². The van der Waals surface area contributed by atoms with Crippen LogP contribution in [-0.2, 0) is 6.54 Å². The van der Waals surface area contributed by atoms with Crippen LogP contribution in [0.15, 0.2) is 30.6 Å². The van der Waals surface area contributed by atoms with Crippen molar-refractivity contribution in [3.05, 3.63) is 41.2 Å². The van der Waals surface area contributed by atoms with Gasteiger partial charge < -0.3 is 10.0 Å². The predicted octanol–water partition coefficient (Wildman–Crippen LogP) is 1.87. The number of carboxylic acid groups (broad SMARTS) is 1. The summed E-state index contributed by atoms with van der Waals surface area (Å²) in [6.07, 6.45) is 3.10. The second kappa shape index (κ2) is 4.92. The van der Waals surface area contributed by atoms with Gasteiger partial charge in [0.25, 0.3) is 0 Å². The van der Waals surface area contributed by atoms with E-state index in [0.717, 1.165) is 17.0 Å². The minimum Gasteiger partial charge on any atom is -0.477 e. The van der Waals surface area contributed by atoms with Gasteiger partial charge in [0.2, 0.25) is 0 Å². The lowest BCUT2D eigenvalue weighted by atomic mass is 10.3. The Morgan fingerprint density at radius 1 is 1.47 bits per heavy atom. The van der Waals surface area contributed by atoms with Crippen LogP contribution in [-0.4, -0.2) is 28.1 Å². The van der Waals surface area contributed by atoms with Crippen LogP contribution in [0, 0.1) is 0 Å². The van der Waals surface area contributed by atoms with Crippen LogP contribution in [0.3, 0.4) is 0 Å². The van der Waals surface area contributed by atoms with Crippen molar-refractivity contribution in [1.29, 1.82) is 0 Å². The molecule has 88 valence electrons. The molecule has 0 aliphatic heterocycles. The molecule has 0 atom stereocenters. The summed E-state index contributed by atoms with van der Waals surface area (Å²) in [7, 11) is 1.86. The molecule has 0 aliphatic carbocycles. The average molecular weight is 249 g/mol. The van der Waals surface area contributed by atoms with Crippen molar-refractivity contribution in [2.24, 2.45) is 0 Å². The largest absolute Gasteiger partial charge is 0.477 e. The number of aromatic carboxylic acids is 1. The molecule has 0 radical (unpaired) electrons. The zero-order chi connectivity index (χ0) is 12.3. The van der Waals surface area contributed by atoms with Gasteiger partial charge in [-0.15, -0.1) is 0 Å². The second-order valence-electron chi connectivity index (χ2n) is 3.49. The van der Waals surface area contributed by atoms with E-state index in [-0.39, 0.29) is 4.88 Å². The van der Waals surface area contributed by atoms with E-state index in [1.807, 2.05) is 30.1 Å². The highest BCUT2D eigenvalue weighted by molar-refractivity contribution is 7.17. The highest BCUT2D eigenvalue weighted by Crippen LogP contribution is 2.22. The molecular weight excluding hydrogens is 238 g/mol. The van der Waals surface area contributed by atoms with Crippen LogP contribution in [0.1, 0.15) is 15.4 Å². The van der Waals surface area contributed by atoms with Gasteiger partial charge in [-0.2, -0.15) is 0 Å². The predicted molar refractivity (Wildman–Crippen MR) is 65.4 cm³/mol. The Kier molecular flexibility index (Phi) is 3.34. The molecule has 0 aliphatic rings. The third-order valence-corrected chi connectivity index (χ3v) is 3.26. The van der Waals surface area contributed by atoms with Crippen molar-refractivity contribution in [2.75, 3.05) is 11.9 Å². The molecule has 17 heavy (non-hydrogen) atoms. The number of hydrogen-bond donors (Lipinski definition) is 1. The zero-order valence-corrected chi connectivity index (χ0v) is 10.0. The molecule has 0 bridgehead atoms. The topological polar surface area (TPSA) is 66.3 Å². The maximum atomic E-state index is 10.7. The summed E-state index contributed by atoms with van der Waals surface area (Å²) in [5.74, 6) is -0.944. The number of carbonyl (C=O) groups is 1. The van der Waals surface area contributed by atoms with Crippen LogP contribution in [0.4, 0.5) is 5.13 Å². The van der Waals surface area contributed by atoms with Gasteiger partial charge in [-0.1, -0.05) is 17.4 Å². The van der Waals surface area contributed by atoms with E-state index in [1.165, 1.54) is 6.20 Å². The molecule has 0 fully saturated rings. The number of aromatic nitrogens is 2. The standard InChI is InChI=1S/C11H11N3O2S/c1-14(7-8-4-2-3-5-12-8)11-13-6-9(17-11)10(15)16/h2-6H,7H2,1H3,(H,15,16). The molecule has 2 aromatic rings. The molecule has 1 N–H and O–H groups in total. The Morgan fingerprint density at radius 3 is 2.88 bits per heavy atom. The normalized spacial score (nSPS) is 10.2. The summed E-state index contributed by atoms with van der Waals surface area (Å²) in [4.78, 5) is 21.1. The van der Waals surface area contributed by atoms with Crippen LogP contribution < -0.4 is 4.90 Å². The maximum absolute atomic E-state index is 10.7. The van der Waals surface area contributed by atoms with Gasteiger partial charge in [0.05, 0.1) is 18.4 Å². The molecule has 0 spiro atoms. The lowest BCUT2D eigenvalue weighted by Gasteiger charge is -2.14. The quantitative estimate of drug-likeness (QED) is 0.896. The number of nitrogens with zero attached hydrogens (tertiary/aromatic N) is 3. The van der Waals surface area contributed by atoms with Crippen molar-refractivity contribution in [3.8, 4) is 0 Å². The molecule has 0 amide bonds. The molecule has 2 aromatic heterocycles. The third kappa shape index (κ3) is 2.79. The van der Waals surface area contributed by atoms with Crippen molar-refractivity contribution in [3.63, 3.8) is 0 Å². The summed E-state index contributed by atoms with van der Waals surface area (Å²) in [5.41, 5.74) is 0.919. The summed E-state index contributed by atoms with van der Waals surface area (Å²) < 4.78 is 0. The van der Waals surface area contributed by atoms with Gasteiger partial charge >= 0.3 is 5.97 Å². The molecular formula is C11H11N3O2S. The number of pyridine rings is 1. The van der Waals surface area contributed by atoms with Gasteiger partial charge in [-0.25, -0.2) is 9.78 Å². The molecule has 2 rings (SSSR count). The number of rotatable bonds is 4. The molecule has 0 saturated heterocycles. The van der Waals surface area contributed by atoms with Crippen molar-refractivity contribution in [2.45, 2.75) is 6.54 Å². The first-order valence-electron chi connectivity index (χ1n) is 4.97. The Morgan fingerprint density at radius 2 is 2.29 bits per heavy atom. The van der Waals surface area contributed by atoms with Gasteiger partial charge in [0.1, 0.15) is 4.88 Å². The molecule has 6 heteroatoms. The molecule has 0 unspecified atom stereocenters. The number of anilines is 1. The highest BCUT2D eigenvalue weighted by Gasteiger charge is 2.11. The fourth-order valence-electron chi connectivity index (χ4n) is 1.34. The van der Waals surface area contributed by atoms with E-state index in [1.54, 1.807) is 6.20 Å². The van der Waals surface area contributed by atoms with E-state index in [0.29, 0.717) is 11.7 Å². The molecule has 0 aromatic carbocycles. The van der Waals surface area contributed by atoms with E-state index in [2.05, 4.69) is 9.97 Å². The first-order chi connectivity index (χ1) is 8.16. The highest BCUT2D eigenvalue weighted by atomic mass is 32.1. The fraction of sp³-hybridized carbons (Fsp3) is 0.182. The lowest BCUT2D eigenvalue weighted by molar-refractivity contribution is 0.0702. The Labute approximate surface area is 102 Å². The molecule has 2 heterocycles. The SMILES string of the molecule is CN(Cc1ccccn1)c1ncc(C(=O)O)s1. The van der Waals surface area contributed by atoms with Crippen LogP contribution in [0.5, 0.6) is 0 Å². The van der Waals surface area contributed by atoms with Crippen molar-refractivity contribution < 1.29 is 9.90 Å². The Hall–Kier alpha value is -1.95. The van der Waals surface area contributed by atoms with Crippen LogP contribution >= 0.6 is 11.3 Å². The number of carboxylic acids is 1. The monoisotopic (exact) mass is 249 g/mol. The maximum Gasteiger partial charge on any atom is 0.347 e. The van der Waals surface area contributed by atoms with E-state index < -0.39 is 5.97 Å². The average Bonchev–Trinajstić information content (AvgIpc) is 2.79. The van der Waals surface area contributed by atoms with Gasteiger partial charge in [-0.05, 0) is 12.1 Å². The third-order valence-electron chi connectivity index (χ3n) is 2.16. The van der Waals surface area contributed by atoms with Gasteiger partial charge in [0, 0.05) is 13.2 Å².